The number of nitrogens with zero attached hydrogens (tertiary/aromatic N) is 4. The lowest BCUT2D eigenvalue weighted by Gasteiger charge is -2.24. The Morgan fingerprint density at radius 3 is 1.54 bits per heavy atom. The Morgan fingerprint density at radius 1 is 0.615 bits per heavy atom. The number of rotatable bonds is 28. The average molecular weight is 915 g/mol. The minimum absolute atomic E-state index is 0.0222. The first-order valence-corrected chi connectivity index (χ1v) is 19.8. The van der Waals surface area contributed by atoms with Crippen LogP contribution in [-0.4, -0.2) is 168 Å². The molecule has 0 saturated heterocycles. The second kappa shape index (κ2) is 26.5. The van der Waals surface area contributed by atoms with Gasteiger partial charge in [-0.25, -0.2) is 19.7 Å². The van der Waals surface area contributed by atoms with Crippen molar-refractivity contribution in [3.63, 3.8) is 0 Å². The first-order chi connectivity index (χ1) is 30.9. The number of carboxylic acids is 1. The van der Waals surface area contributed by atoms with Gasteiger partial charge in [0.25, 0.3) is 0 Å². The molecule has 19 N–H and O–H groups in total. The van der Waals surface area contributed by atoms with Crippen molar-refractivity contribution in [2.45, 2.75) is 75.3 Å². The molecule has 0 aliphatic heterocycles. The van der Waals surface area contributed by atoms with Crippen molar-refractivity contribution >= 4 is 59.2 Å². The minimum Gasteiger partial charge on any atom is -0.480 e. The van der Waals surface area contributed by atoms with E-state index in [9.17, 15) is 53.4 Å². The molecule has 0 bridgehead atoms. The van der Waals surface area contributed by atoms with Gasteiger partial charge in [0.05, 0.1) is 51.3 Å². The van der Waals surface area contributed by atoms with Crippen LogP contribution in [0.2, 0.25) is 0 Å². The number of amides is 8. The average Bonchev–Trinajstić information content (AvgIpc) is 4.09. The monoisotopic (exact) mass is 914 g/mol. The number of carbonyl (C=O) groups is 9. The van der Waals surface area contributed by atoms with Crippen molar-refractivity contribution in [1.82, 2.24) is 72.4 Å². The largest absolute Gasteiger partial charge is 0.480 e. The Balaban J connectivity index is 1.48. The molecule has 0 aromatic carbocycles. The molecule has 0 aliphatic rings. The molecule has 0 aliphatic carbocycles. The van der Waals surface area contributed by atoms with Crippen LogP contribution in [-0.2, 0) is 62.4 Å². The third-order valence-corrected chi connectivity index (χ3v) is 9.01. The molecule has 6 atom stereocenters. The van der Waals surface area contributed by atoms with E-state index in [2.05, 4.69) is 77.4 Å². The molecule has 3 rings (SSSR count). The van der Waals surface area contributed by atoms with Gasteiger partial charge in [0, 0.05) is 61.5 Å². The topological polar surface area (TPSA) is 467 Å². The lowest BCUT2D eigenvalue weighted by Crippen LogP contribution is -2.58. The molecule has 0 radical (unpaired) electrons. The van der Waals surface area contributed by atoms with Crippen LogP contribution in [0, 0.1) is 0 Å². The predicted octanol–water partition coefficient (Wildman–Crippen LogP) is -7.87. The summed E-state index contributed by atoms with van der Waals surface area (Å²) in [7, 11) is 0. The lowest BCUT2D eigenvalue weighted by atomic mass is 10.1. The molecule has 0 unspecified atom stereocenters. The van der Waals surface area contributed by atoms with Gasteiger partial charge in [-0.3, -0.25) is 43.3 Å². The number of carbonyl (C=O) groups excluding carboxylic acids is 8. The zero-order chi connectivity index (χ0) is 47.9. The van der Waals surface area contributed by atoms with E-state index in [0.717, 1.165) is 0 Å². The van der Waals surface area contributed by atoms with Gasteiger partial charge in [0.1, 0.15) is 30.2 Å². The fourth-order valence-electron chi connectivity index (χ4n) is 5.63. The Hall–Kier alpha value is -7.95. The summed E-state index contributed by atoms with van der Waals surface area (Å²) in [6.07, 6.45) is 8.65. The normalized spacial score (nSPS) is 13.5. The van der Waals surface area contributed by atoms with Crippen LogP contribution in [0.25, 0.3) is 0 Å². The number of carboxylic acid groups (broad SMARTS) is 1. The Morgan fingerprint density at radius 2 is 1.06 bits per heavy atom. The van der Waals surface area contributed by atoms with E-state index in [1.807, 2.05) is 0 Å². The van der Waals surface area contributed by atoms with Crippen LogP contribution >= 0.6 is 0 Å². The van der Waals surface area contributed by atoms with Gasteiger partial charge in [-0.1, -0.05) is 0 Å². The number of aromatic amines is 3. The Bertz CT molecular complexity index is 2070. The van der Waals surface area contributed by atoms with Crippen LogP contribution in [0.3, 0.4) is 0 Å². The second-order valence-corrected chi connectivity index (χ2v) is 14.2. The number of imidazole rings is 3. The van der Waals surface area contributed by atoms with E-state index in [0.29, 0.717) is 17.1 Å². The van der Waals surface area contributed by atoms with Gasteiger partial charge in [0.2, 0.25) is 47.3 Å². The summed E-state index contributed by atoms with van der Waals surface area (Å²) in [5.74, 6) is -8.29. The molecule has 8 amide bonds. The van der Waals surface area contributed by atoms with Gasteiger partial charge >= 0.3 is 5.97 Å². The third-order valence-electron chi connectivity index (χ3n) is 9.01. The molecular formula is C36H54N18O11. The number of guanidine groups is 1. The number of H-pyrrole nitrogens is 3. The van der Waals surface area contributed by atoms with Crippen molar-refractivity contribution in [2.24, 2.45) is 22.2 Å². The summed E-state index contributed by atoms with van der Waals surface area (Å²) < 4.78 is 0. The molecule has 0 saturated carbocycles. The molecule has 65 heavy (non-hydrogen) atoms. The quantitative estimate of drug-likeness (QED) is 0.0183. The Kier molecular flexibility index (Phi) is 21.0. The molecule has 29 nitrogen and oxygen atoms in total. The van der Waals surface area contributed by atoms with Gasteiger partial charge < -0.3 is 84.9 Å². The van der Waals surface area contributed by atoms with E-state index in [1.54, 1.807) is 0 Å². The first kappa shape index (κ1) is 51.4. The number of aliphatic carboxylic acids is 1. The molecule has 0 spiro atoms. The number of hydrogen-bond donors (Lipinski definition) is 16. The van der Waals surface area contributed by atoms with Crippen LogP contribution in [0.4, 0.5) is 0 Å². The van der Waals surface area contributed by atoms with Gasteiger partial charge in [0.15, 0.2) is 5.96 Å². The van der Waals surface area contributed by atoms with Gasteiger partial charge in [-0.2, -0.15) is 0 Å². The highest BCUT2D eigenvalue weighted by molar-refractivity contribution is 5.96. The van der Waals surface area contributed by atoms with Crippen molar-refractivity contribution in [1.29, 1.82) is 0 Å². The standard InChI is InChI=1S/C36H54N18O11/c1-18(30(59)44-12-29(58)52-26(14-55)33(62)46-13-28(57)51-23(35(64)65)3-2-4-43-36(38)39)50-27(56)11-45-32(61)24(6-20-9-41-16-48-20)54-34(63)25(7-21-10-42-17-49-21)53-31(60)22(37)5-19-8-40-15-47-19/h8-10,15-18,22-26,55H,2-7,11-14,37H2,1H3,(H,40,47)(H,41,48)(H,42,49)(H,44,59)(H,45,61)(H,46,62)(H,50,56)(H,51,57)(H,52,58)(H,53,60)(H,54,63)(H,64,65)(H4,38,39,43)/t18-,22-,23-,24-,25-,26-/m0/s1. The zero-order valence-electron chi connectivity index (χ0n) is 35.1. The summed E-state index contributed by atoms with van der Waals surface area (Å²) in [6, 6.07) is -7.74. The SMILES string of the molecule is C[C@H](NC(=O)CNC(=O)[C@H](Cc1cnc[nH]1)NC(=O)[C@H](Cc1cnc[nH]1)NC(=O)[C@@H](N)Cc1cnc[nH]1)C(=O)NCC(=O)N[C@@H](CO)C(=O)NCC(=O)N[C@@H](CCCN=C(N)N)C(=O)O. The number of aromatic nitrogens is 6. The van der Waals surface area contributed by atoms with Crippen molar-refractivity contribution in [3.05, 3.63) is 54.7 Å². The maximum Gasteiger partial charge on any atom is 0.326 e. The number of nitrogens with one attached hydrogen (secondary N) is 11. The molecular weight excluding hydrogens is 861 g/mol. The minimum atomic E-state index is -1.57. The highest BCUT2D eigenvalue weighted by Gasteiger charge is 2.30. The number of aliphatic hydroxyl groups is 1. The lowest BCUT2D eigenvalue weighted by molar-refractivity contribution is -0.142. The van der Waals surface area contributed by atoms with E-state index in [-0.39, 0.29) is 44.6 Å². The number of nitrogens with two attached hydrogens (primary N) is 3. The summed E-state index contributed by atoms with van der Waals surface area (Å²) >= 11 is 0. The van der Waals surface area contributed by atoms with Gasteiger partial charge in [-0.15, -0.1) is 0 Å². The van der Waals surface area contributed by atoms with Crippen molar-refractivity contribution in [2.75, 3.05) is 32.8 Å². The molecule has 0 fully saturated rings. The van der Waals surface area contributed by atoms with Crippen molar-refractivity contribution < 1.29 is 53.4 Å². The number of aliphatic hydroxyl groups excluding tert-OH is 1. The molecule has 3 aromatic rings. The summed E-state index contributed by atoms with van der Waals surface area (Å²) in [6.45, 7) is -1.59. The van der Waals surface area contributed by atoms with E-state index in [4.69, 9.17) is 17.2 Å². The molecule has 354 valence electrons. The summed E-state index contributed by atoms with van der Waals surface area (Å²) in [4.78, 5) is 138. The Labute approximate surface area is 369 Å². The summed E-state index contributed by atoms with van der Waals surface area (Å²) in [5, 5.41) is 37.7. The highest BCUT2D eigenvalue weighted by Crippen LogP contribution is 2.05. The molecule has 29 heteroatoms. The number of hydrogen-bond acceptors (Lipinski definition) is 15. The maximum atomic E-state index is 13.7. The predicted molar refractivity (Wildman–Crippen MR) is 224 cm³/mol. The first-order valence-electron chi connectivity index (χ1n) is 19.8. The van der Waals surface area contributed by atoms with E-state index >= 15 is 0 Å². The van der Waals surface area contributed by atoms with E-state index < -0.39 is 116 Å². The van der Waals surface area contributed by atoms with E-state index in [1.165, 1.54) is 44.5 Å². The third kappa shape index (κ3) is 18.9. The fraction of sp³-hybridized carbons (Fsp3) is 0.472. The second-order valence-electron chi connectivity index (χ2n) is 14.2. The highest BCUT2D eigenvalue weighted by atomic mass is 16.4. The molecule has 3 heterocycles. The number of aliphatic imine (C=N–C) groups is 1. The van der Waals surface area contributed by atoms with Crippen LogP contribution in [0.5, 0.6) is 0 Å². The van der Waals surface area contributed by atoms with Crippen molar-refractivity contribution in [3.8, 4) is 0 Å². The fourth-order valence-corrected chi connectivity index (χ4v) is 5.63. The zero-order valence-corrected chi connectivity index (χ0v) is 35.1. The van der Waals surface area contributed by atoms with Crippen LogP contribution in [0.1, 0.15) is 36.8 Å². The summed E-state index contributed by atoms with van der Waals surface area (Å²) in [5.41, 5.74) is 18.0. The van der Waals surface area contributed by atoms with Crippen LogP contribution in [0.15, 0.2) is 42.6 Å². The molecule has 3 aromatic heterocycles. The van der Waals surface area contributed by atoms with Crippen LogP contribution < -0.4 is 59.7 Å². The smallest absolute Gasteiger partial charge is 0.326 e. The maximum absolute atomic E-state index is 13.7. The van der Waals surface area contributed by atoms with Gasteiger partial charge in [-0.05, 0) is 19.8 Å².